The number of ether oxygens (including phenoxy) is 1. The number of nitrogens with one attached hydrogen (secondary N) is 2. The number of benzene rings is 2. The molecule has 0 spiro atoms. The van der Waals surface area contributed by atoms with Crippen LogP contribution in [0.1, 0.15) is 13.8 Å². The van der Waals surface area contributed by atoms with Crippen LogP contribution < -0.4 is 19.7 Å². The lowest BCUT2D eigenvalue weighted by atomic mass is 10.1. The maximum atomic E-state index is 14.1. The zero-order valence-electron chi connectivity index (χ0n) is 18.1. The van der Waals surface area contributed by atoms with Gasteiger partial charge in [-0.15, -0.1) is 11.3 Å². The Hall–Kier alpha value is -2.62. The molecule has 0 bridgehead atoms. The number of nitrogens with zero attached hydrogens (tertiary/aromatic N) is 1. The Labute approximate surface area is 192 Å². The first-order valence-corrected chi connectivity index (χ1v) is 12.6. The molecular weight excluding hydrogens is 449 g/mol. The number of methoxy groups -OCH3 is 1. The van der Waals surface area contributed by atoms with E-state index in [9.17, 15) is 12.8 Å². The average Bonchev–Trinajstić information content (AvgIpc) is 3.24. The Morgan fingerprint density at radius 3 is 2.50 bits per heavy atom. The van der Waals surface area contributed by atoms with Gasteiger partial charge in [0.1, 0.15) is 15.8 Å². The second kappa shape index (κ2) is 9.09. The van der Waals surface area contributed by atoms with Crippen molar-refractivity contribution in [3.8, 4) is 16.2 Å². The molecule has 1 aliphatic heterocycles. The van der Waals surface area contributed by atoms with Gasteiger partial charge in [0.2, 0.25) is 0 Å². The van der Waals surface area contributed by atoms with Gasteiger partial charge in [0.25, 0.3) is 10.0 Å². The molecule has 2 N–H and O–H groups in total. The second-order valence-electron chi connectivity index (χ2n) is 7.96. The highest BCUT2D eigenvalue weighted by atomic mass is 32.2. The molecule has 1 saturated heterocycles. The minimum atomic E-state index is -3.83. The highest BCUT2D eigenvalue weighted by molar-refractivity contribution is 7.94. The smallest absolute Gasteiger partial charge is 0.271 e. The highest BCUT2D eigenvalue weighted by Crippen LogP contribution is 2.35. The molecule has 1 fully saturated rings. The van der Waals surface area contributed by atoms with E-state index in [2.05, 4.69) is 28.8 Å². The minimum Gasteiger partial charge on any atom is -0.495 e. The minimum absolute atomic E-state index is 0.123. The molecule has 6 nitrogen and oxygen atoms in total. The summed E-state index contributed by atoms with van der Waals surface area (Å²) in [6.45, 7) is 5.80. The van der Waals surface area contributed by atoms with Crippen molar-refractivity contribution in [3.63, 3.8) is 0 Å². The number of hydrogen-bond acceptors (Lipinski definition) is 6. The van der Waals surface area contributed by atoms with Gasteiger partial charge >= 0.3 is 0 Å². The van der Waals surface area contributed by atoms with Crippen molar-refractivity contribution in [2.75, 3.05) is 29.8 Å². The van der Waals surface area contributed by atoms with E-state index in [1.807, 2.05) is 0 Å². The first-order valence-electron chi connectivity index (χ1n) is 10.3. The lowest BCUT2D eigenvalue weighted by Crippen LogP contribution is -2.54. The maximum absolute atomic E-state index is 14.1. The van der Waals surface area contributed by atoms with Crippen molar-refractivity contribution >= 4 is 32.7 Å². The summed E-state index contributed by atoms with van der Waals surface area (Å²) in [4.78, 5) is 2.76. The van der Waals surface area contributed by atoms with Crippen LogP contribution in [0.15, 0.2) is 58.8 Å². The summed E-state index contributed by atoms with van der Waals surface area (Å²) >= 11 is 1.03. The summed E-state index contributed by atoms with van der Waals surface area (Å²) in [7, 11) is -2.22. The van der Waals surface area contributed by atoms with Gasteiger partial charge in [-0.2, -0.15) is 0 Å². The quantitative estimate of drug-likeness (QED) is 0.547. The van der Waals surface area contributed by atoms with E-state index < -0.39 is 10.0 Å². The van der Waals surface area contributed by atoms with Gasteiger partial charge in [-0.1, -0.05) is 18.2 Å². The van der Waals surface area contributed by atoms with Gasteiger partial charge < -0.3 is 15.0 Å². The van der Waals surface area contributed by atoms with Crippen LogP contribution in [0.2, 0.25) is 0 Å². The average molecular weight is 476 g/mol. The molecule has 32 heavy (non-hydrogen) atoms. The molecule has 0 amide bonds. The lowest BCUT2D eigenvalue weighted by molar-refractivity contribution is 0.391. The molecule has 0 radical (unpaired) electrons. The van der Waals surface area contributed by atoms with E-state index >= 15 is 0 Å². The summed E-state index contributed by atoms with van der Waals surface area (Å²) in [6, 6.07) is 15.3. The van der Waals surface area contributed by atoms with E-state index in [4.69, 9.17) is 4.74 Å². The number of anilines is 2. The molecule has 0 saturated carbocycles. The molecule has 2 aromatic carbocycles. The number of thiophene rings is 1. The van der Waals surface area contributed by atoms with Crippen LogP contribution in [-0.4, -0.2) is 40.7 Å². The topological polar surface area (TPSA) is 70.7 Å². The Kier molecular flexibility index (Phi) is 6.41. The fourth-order valence-electron chi connectivity index (χ4n) is 4.00. The molecule has 2 unspecified atom stereocenters. The summed E-state index contributed by atoms with van der Waals surface area (Å²) in [5, 5.41) is 3.49. The summed E-state index contributed by atoms with van der Waals surface area (Å²) in [5.41, 5.74) is 1.67. The fraction of sp³-hybridized carbons (Fsp3) is 0.304. The van der Waals surface area contributed by atoms with Crippen LogP contribution in [0.4, 0.5) is 15.8 Å². The molecule has 9 heteroatoms. The van der Waals surface area contributed by atoms with Gasteiger partial charge in [0.05, 0.1) is 18.5 Å². The van der Waals surface area contributed by atoms with Crippen LogP contribution in [0.3, 0.4) is 0 Å². The van der Waals surface area contributed by atoms with Crippen molar-refractivity contribution in [2.24, 2.45) is 0 Å². The van der Waals surface area contributed by atoms with Gasteiger partial charge in [-0.05, 0) is 50.2 Å². The number of piperazine rings is 1. The van der Waals surface area contributed by atoms with Gasteiger partial charge in [0.15, 0.2) is 0 Å². The fourth-order valence-corrected chi connectivity index (χ4v) is 6.38. The molecule has 1 aliphatic rings. The van der Waals surface area contributed by atoms with Crippen LogP contribution in [0.5, 0.6) is 5.75 Å². The summed E-state index contributed by atoms with van der Waals surface area (Å²) < 4.78 is 48.5. The first kappa shape index (κ1) is 22.6. The van der Waals surface area contributed by atoms with Crippen molar-refractivity contribution < 1.29 is 17.5 Å². The molecular formula is C23H26FN3O3S2. The Balaban J connectivity index is 1.60. The molecule has 1 aromatic heterocycles. The van der Waals surface area contributed by atoms with E-state index in [0.717, 1.165) is 30.1 Å². The number of hydrogen-bond donors (Lipinski definition) is 2. The van der Waals surface area contributed by atoms with Crippen molar-refractivity contribution in [2.45, 2.75) is 30.1 Å². The maximum Gasteiger partial charge on any atom is 0.271 e. The van der Waals surface area contributed by atoms with Gasteiger partial charge in [0, 0.05) is 35.6 Å². The Morgan fingerprint density at radius 1 is 1.09 bits per heavy atom. The standard InChI is InChI=1S/C23H26FN3O3S2/c1-15-13-27(14-16(2)25-15)20-12-17(8-9-21(20)30-3)26-32(28,29)23-11-10-22(31-23)18-6-4-5-7-19(18)24/h4-12,15-16,25-26H,13-14H2,1-3H3. The van der Waals surface area contributed by atoms with Crippen LogP contribution in [0.25, 0.3) is 10.4 Å². The lowest BCUT2D eigenvalue weighted by Gasteiger charge is -2.38. The monoisotopic (exact) mass is 475 g/mol. The van der Waals surface area contributed by atoms with Crippen molar-refractivity contribution in [1.82, 2.24) is 5.32 Å². The van der Waals surface area contributed by atoms with E-state index in [1.54, 1.807) is 49.6 Å². The van der Waals surface area contributed by atoms with E-state index in [1.165, 1.54) is 12.1 Å². The SMILES string of the molecule is COc1ccc(NS(=O)(=O)c2ccc(-c3ccccc3F)s2)cc1N1CC(C)NC(C)C1. The third-order valence-electron chi connectivity index (χ3n) is 5.31. The molecule has 2 atom stereocenters. The third-order valence-corrected chi connectivity index (χ3v) is 8.31. The predicted octanol–water partition coefficient (Wildman–Crippen LogP) is 4.55. The van der Waals surface area contributed by atoms with Crippen molar-refractivity contribution in [1.29, 1.82) is 0 Å². The number of rotatable bonds is 6. The predicted molar refractivity (Wildman–Crippen MR) is 128 cm³/mol. The highest BCUT2D eigenvalue weighted by Gasteiger charge is 2.25. The first-order chi connectivity index (χ1) is 15.3. The summed E-state index contributed by atoms with van der Waals surface area (Å²) in [5.74, 6) is 0.303. The van der Waals surface area contributed by atoms with Crippen LogP contribution in [0, 0.1) is 5.82 Å². The van der Waals surface area contributed by atoms with E-state index in [0.29, 0.717) is 34.0 Å². The largest absolute Gasteiger partial charge is 0.495 e. The zero-order valence-corrected chi connectivity index (χ0v) is 19.8. The second-order valence-corrected chi connectivity index (χ2v) is 11.0. The van der Waals surface area contributed by atoms with Crippen LogP contribution >= 0.6 is 11.3 Å². The molecule has 0 aliphatic carbocycles. The molecule has 3 aromatic rings. The molecule has 2 heterocycles. The van der Waals surface area contributed by atoms with Gasteiger partial charge in [-0.3, -0.25) is 4.72 Å². The van der Waals surface area contributed by atoms with E-state index in [-0.39, 0.29) is 10.0 Å². The number of sulfonamides is 1. The third kappa shape index (κ3) is 4.74. The van der Waals surface area contributed by atoms with Crippen molar-refractivity contribution in [3.05, 3.63) is 60.4 Å². The number of halogens is 1. The Bertz CT molecular complexity index is 1200. The van der Waals surface area contributed by atoms with Gasteiger partial charge in [-0.25, -0.2) is 12.8 Å². The molecule has 4 rings (SSSR count). The van der Waals surface area contributed by atoms with Crippen LogP contribution in [-0.2, 0) is 10.0 Å². The summed E-state index contributed by atoms with van der Waals surface area (Å²) in [6.07, 6.45) is 0. The zero-order chi connectivity index (χ0) is 22.9. The Morgan fingerprint density at radius 2 is 1.81 bits per heavy atom. The molecule has 170 valence electrons. The normalized spacial score (nSPS) is 19.1.